The Kier molecular flexibility index (Phi) is 4.90. The summed E-state index contributed by atoms with van der Waals surface area (Å²) >= 11 is 14.7. The van der Waals surface area contributed by atoms with E-state index in [-0.39, 0.29) is 11.9 Å². The van der Waals surface area contributed by atoms with Crippen LogP contribution in [0.5, 0.6) is 0 Å². The van der Waals surface area contributed by atoms with Gasteiger partial charge in [-0.3, -0.25) is 4.79 Å². The monoisotopic (exact) mass is 309 g/mol. The van der Waals surface area contributed by atoms with Crippen LogP contribution < -0.4 is 5.32 Å². The maximum atomic E-state index is 11.7. The van der Waals surface area contributed by atoms with E-state index in [0.717, 1.165) is 0 Å². The van der Waals surface area contributed by atoms with Crippen molar-refractivity contribution in [1.82, 2.24) is 5.32 Å². The average molecular weight is 311 g/mol. The summed E-state index contributed by atoms with van der Waals surface area (Å²) in [6.07, 6.45) is 0. The van der Waals surface area contributed by atoms with Gasteiger partial charge in [-0.1, -0.05) is 11.6 Å². The first-order chi connectivity index (χ1) is 7.04. The van der Waals surface area contributed by atoms with Gasteiger partial charge in [-0.15, -0.1) is 11.6 Å². The molecule has 1 amide bonds. The summed E-state index contributed by atoms with van der Waals surface area (Å²) in [4.78, 5) is 11.7. The number of carbonyl (C=O) groups is 1. The summed E-state index contributed by atoms with van der Waals surface area (Å²) in [6, 6.07) is 4.97. The molecule has 1 unspecified atom stereocenters. The fourth-order valence-corrected chi connectivity index (χ4v) is 1.95. The molecule has 15 heavy (non-hydrogen) atoms. The van der Waals surface area contributed by atoms with Gasteiger partial charge in [0, 0.05) is 21.4 Å². The van der Waals surface area contributed by atoms with Gasteiger partial charge in [0.15, 0.2) is 0 Å². The molecule has 0 bridgehead atoms. The summed E-state index contributed by atoms with van der Waals surface area (Å²) in [6.45, 7) is 1.84. The number of amides is 1. The van der Waals surface area contributed by atoms with Crippen LogP contribution in [0.25, 0.3) is 0 Å². The Hall–Kier alpha value is -0.250. The largest absolute Gasteiger partial charge is 0.348 e. The minimum Gasteiger partial charge on any atom is -0.348 e. The molecule has 0 saturated carbocycles. The molecule has 0 aliphatic heterocycles. The topological polar surface area (TPSA) is 29.1 Å². The Labute approximate surface area is 107 Å². The lowest BCUT2D eigenvalue weighted by molar-refractivity contribution is 0.0943. The van der Waals surface area contributed by atoms with E-state index in [1.165, 1.54) is 0 Å². The van der Waals surface area contributed by atoms with Gasteiger partial charge in [0.1, 0.15) is 0 Å². The molecule has 2 nitrogen and oxygen atoms in total. The number of alkyl halides is 1. The Morgan fingerprint density at radius 3 is 2.80 bits per heavy atom. The van der Waals surface area contributed by atoms with Crippen LogP contribution in [-0.4, -0.2) is 17.8 Å². The third-order valence-electron chi connectivity index (χ3n) is 1.78. The van der Waals surface area contributed by atoms with E-state index in [9.17, 15) is 4.79 Å². The predicted molar refractivity (Wildman–Crippen MR) is 66.8 cm³/mol. The van der Waals surface area contributed by atoms with Crippen LogP contribution in [0.3, 0.4) is 0 Å². The maximum absolute atomic E-state index is 11.7. The van der Waals surface area contributed by atoms with Crippen LogP contribution in [0.1, 0.15) is 17.3 Å². The fraction of sp³-hybridized carbons (Fsp3) is 0.300. The number of nitrogens with one attached hydrogen (secondary N) is 1. The highest BCUT2D eigenvalue weighted by molar-refractivity contribution is 9.10. The highest BCUT2D eigenvalue weighted by Crippen LogP contribution is 2.21. The zero-order valence-electron chi connectivity index (χ0n) is 8.06. The second-order valence-corrected chi connectivity index (χ2v) is 4.75. The van der Waals surface area contributed by atoms with Crippen molar-refractivity contribution in [2.75, 3.05) is 5.88 Å². The molecule has 1 N–H and O–H groups in total. The molecule has 0 saturated heterocycles. The maximum Gasteiger partial charge on any atom is 0.252 e. The van der Waals surface area contributed by atoms with E-state index >= 15 is 0 Å². The third kappa shape index (κ3) is 3.67. The molecule has 82 valence electrons. The van der Waals surface area contributed by atoms with Crippen LogP contribution >= 0.6 is 39.1 Å². The van der Waals surface area contributed by atoms with Crippen molar-refractivity contribution in [3.8, 4) is 0 Å². The molecule has 0 heterocycles. The van der Waals surface area contributed by atoms with E-state index in [1.807, 2.05) is 6.92 Å². The smallest absolute Gasteiger partial charge is 0.252 e. The van der Waals surface area contributed by atoms with Crippen molar-refractivity contribution < 1.29 is 4.79 Å². The molecular weight excluding hydrogens is 301 g/mol. The molecule has 0 spiro atoms. The summed E-state index contributed by atoms with van der Waals surface area (Å²) in [5.41, 5.74) is 0.552. The van der Waals surface area contributed by atoms with Gasteiger partial charge < -0.3 is 5.32 Å². The molecule has 0 aromatic heterocycles. The number of carbonyl (C=O) groups excluding carboxylic acids is 1. The van der Waals surface area contributed by atoms with E-state index in [2.05, 4.69) is 21.2 Å². The van der Waals surface area contributed by atoms with E-state index in [1.54, 1.807) is 18.2 Å². The average Bonchev–Trinajstić information content (AvgIpc) is 2.17. The highest BCUT2D eigenvalue weighted by Gasteiger charge is 2.12. The molecule has 1 aromatic rings. The molecule has 1 atom stereocenters. The lowest BCUT2D eigenvalue weighted by Crippen LogP contribution is -2.33. The first kappa shape index (κ1) is 12.8. The molecule has 0 aliphatic rings. The van der Waals surface area contributed by atoms with Crippen molar-refractivity contribution >= 4 is 45.0 Å². The van der Waals surface area contributed by atoms with Crippen molar-refractivity contribution in [3.63, 3.8) is 0 Å². The molecule has 5 heteroatoms. The summed E-state index contributed by atoms with van der Waals surface area (Å²) in [5, 5.41) is 3.35. The molecule has 1 rings (SSSR count). The Morgan fingerprint density at radius 1 is 1.60 bits per heavy atom. The quantitative estimate of drug-likeness (QED) is 0.851. The van der Waals surface area contributed by atoms with Gasteiger partial charge in [-0.2, -0.15) is 0 Å². The van der Waals surface area contributed by atoms with Crippen molar-refractivity contribution in [2.45, 2.75) is 13.0 Å². The summed E-state index contributed by atoms with van der Waals surface area (Å²) < 4.78 is 0.675. The third-order valence-corrected chi connectivity index (χ3v) is 3.14. The van der Waals surface area contributed by atoms with Crippen LogP contribution in [0.15, 0.2) is 22.7 Å². The Morgan fingerprint density at radius 2 is 2.27 bits per heavy atom. The minimum absolute atomic E-state index is 0.0539. The molecular formula is C10H10BrCl2NO. The first-order valence-electron chi connectivity index (χ1n) is 4.36. The van der Waals surface area contributed by atoms with Crippen molar-refractivity contribution in [3.05, 3.63) is 33.3 Å². The molecule has 0 fully saturated rings. The zero-order chi connectivity index (χ0) is 11.4. The van der Waals surface area contributed by atoms with E-state index in [0.29, 0.717) is 20.9 Å². The lowest BCUT2D eigenvalue weighted by Gasteiger charge is -2.11. The molecule has 0 aliphatic carbocycles. The van der Waals surface area contributed by atoms with Crippen LogP contribution in [0.2, 0.25) is 5.02 Å². The van der Waals surface area contributed by atoms with Gasteiger partial charge in [0.25, 0.3) is 5.91 Å². The van der Waals surface area contributed by atoms with Crippen LogP contribution in [0, 0.1) is 0 Å². The number of rotatable bonds is 3. The predicted octanol–water partition coefficient (Wildman–Crippen LogP) is 3.46. The Balaban J connectivity index is 2.82. The van der Waals surface area contributed by atoms with Crippen LogP contribution in [0.4, 0.5) is 0 Å². The normalized spacial score (nSPS) is 12.3. The second-order valence-electron chi connectivity index (χ2n) is 3.15. The first-order valence-corrected chi connectivity index (χ1v) is 6.07. The number of hydrogen-bond acceptors (Lipinski definition) is 1. The molecule has 1 aromatic carbocycles. The SMILES string of the molecule is CC(CCl)NC(=O)c1ccc(Cl)cc1Br. The number of benzene rings is 1. The van der Waals surface area contributed by atoms with E-state index < -0.39 is 0 Å². The van der Waals surface area contributed by atoms with Gasteiger partial charge in [-0.25, -0.2) is 0 Å². The van der Waals surface area contributed by atoms with Gasteiger partial charge in [0.05, 0.1) is 5.56 Å². The Bertz CT molecular complexity index is 370. The van der Waals surface area contributed by atoms with Crippen molar-refractivity contribution in [1.29, 1.82) is 0 Å². The molecule has 0 radical (unpaired) electrons. The van der Waals surface area contributed by atoms with Gasteiger partial charge in [-0.05, 0) is 41.1 Å². The zero-order valence-corrected chi connectivity index (χ0v) is 11.2. The van der Waals surface area contributed by atoms with Crippen LogP contribution in [-0.2, 0) is 0 Å². The standard InChI is InChI=1S/C10H10BrCl2NO/c1-6(5-12)14-10(15)8-3-2-7(13)4-9(8)11/h2-4,6H,5H2,1H3,(H,14,15). The minimum atomic E-state index is -0.160. The fourth-order valence-electron chi connectivity index (χ4n) is 1.01. The number of hydrogen-bond donors (Lipinski definition) is 1. The second kappa shape index (κ2) is 5.73. The highest BCUT2D eigenvalue weighted by atomic mass is 79.9. The summed E-state index contributed by atoms with van der Waals surface area (Å²) in [7, 11) is 0. The number of halogens is 3. The van der Waals surface area contributed by atoms with Gasteiger partial charge >= 0.3 is 0 Å². The van der Waals surface area contributed by atoms with Gasteiger partial charge in [0.2, 0.25) is 0 Å². The van der Waals surface area contributed by atoms with Crippen molar-refractivity contribution in [2.24, 2.45) is 0 Å². The van der Waals surface area contributed by atoms with E-state index in [4.69, 9.17) is 23.2 Å². The summed E-state index contributed by atoms with van der Waals surface area (Å²) in [5.74, 6) is 0.225. The lowest BCUT2D eigenvalue weighted by atomic mass is 10.2.